The fourth-order valence-electron chi connectivity index (χ4n) is 2.93. The summed E-state index contributed by atoms with van der Waals surface area (Å²) in [5.74, 6) is 0. The summed E-state index contributed by atoms with van der Waals surface area (Å²) in [5, 5.41) is 26.3. The van der Waals surface area contributed by atoms with Crippen LogP contribution >= 0.6 is 0 Å². The molecule has 1 fully saturated rings. The van der Waals surface area contributed by atoms with Crippen LogP contribution in [0.25, 0.3) is 0 Å². The van der Waals surface area contributed by atoms with Gasteiger partial charge < -0.3 is 0 Å². The number of nitrogens with one attached hydrogen (secondary N) is 1. The Morgan fingerprint density at radius 2 is 1.66 bits per heavy atom. The number of sulfonamides is 1. The second kappa shape index (κ2) is 8.32. The first-order valence-electron chi connectivity index (χ1n) is 8.62. The molecule has 0 amide bonds. The van der Waals surface area contributed by atoms with Crippen molar-refractivity contribution in [2.75, 3.05) is 18.5 Å². The molecule has 0 spiro atoms. The van der Waals surface area contributed by atoms with E-state index in [1.165, 1.54) is 34.6 Å². The molecule has 0 unspecified atom stereocenters. The largest absolute Gasteiger partial charge is 0.295 e. The summed E-state index contributed by atoms with van der Waals surface area (Å²) in [6.07, 6.45) is 2.67. The number of anilines is 1. The number of nitro groups is 2. The fraction of sp³-hybridized carbons (Fsp3) is 0.235. The van der Waals surface area contributed by atoms with Crippen LogP contribution in [0.1, 0.15) is 18.4 Å². The molecule has 2 aromatic carbocycles. The highest BCUT2D eigenvalue weighted by atomic mass is 32.2. The van der Waals surface area contributed by atoms with E-state index in [0.717, 1.165) is 25.1 Å². The van der Waals surface area contributed by atoms with Gasteiger partial charge in [0.05, 0.1) is 26.5 Å². The molecule has 2 aromatic rings. The lowest BCUT2D eigenvalue weighted by atomic mass is 10.2. The summed E-state index contributed by atoms with van der Waals surface area (Å²) in [7, 11) is -3.80. The van der Waals surface area contributed by atoms with Crippen LogP contribution < -0.4 is 5.43 Å². The molecule has 152 valence electrons. The summed E-state index contributed by atoms with van der Waals surface area (Å²) in [5.41, 5.74) is 1.99. The number of para-hydroxylation sites is 1. The van der Waals surface area contributed by atoms with Gasteiger partial charge in [0.2, 0.25) is 10.0 Å². The first-order chi connectivity index (χ1) is 13.8. The average Bonchev–Trinajstić information content (AvgIpc) is 3.24. The molecule has 0 saturated carbocycles. The molecule has 29 heavy (non-hydrogen) atoms. The minimum absolute atomic E-state index is 0.0368. The predicted molar refractivity (Wildman–Crippen MR) is 105 cm³/mol. The van der Waals surface area contributed by atoms with Crippen LogP contribution in [0.5, 0.6) is 0 Å². The Morgan fingerprint density at radius 3 is 2.31 bits per heavy atom. The zero-order valence-corrected chi connectivity index (χ0v) is 15.9. The third-order valence-electron chi connectivity index (χ3n) is 4.39. The Kier molecular flexibility index (Phi) is 5.84. The number of hydrazone groups is 1. The Labute approximate surface area is 166 Å². The van der Waals surface area contributed by atoms with Gasteiger partial charge in [-0.2, -0.15) is 9.41 Å². The molecule has 3 rings (SSSR count). The first kappa shape index (κ1) is 20.4. The molecule has 0 atom stereocenters. The van der Waals surface area contributed by atoms with Crippen LogP contribution in [0.15, 0.2) is 52.5 Å². The molecule has 11 nitrogen and oxygen atoms in total. The van der Waals surface area contributed by atoms with E-state index in [1.54, 1.807) is 6.07 Å². The number of nitro benzene ring substituents is 2. The zero-order valence-electron chi connectivity index (χ0n) is 15.1. The Bertz CT molecular complexity index is 1080. The third kappa shape index (κ3) is 4.38. The summed E-state index contributed by atoms with van der Waals surface area (Å²) in [4.78, 5) is 21.0. The lowest BCUT2D eigenvalue weighted by molar-refractivity contribution is -0.385. The summed E-state index contributed by atoms with van der Waals surface area (Å²) < 4.78 is 26.5. The molecule has 1 aliphatic rings. The number of rotatable bonds is 7. The van der Waals surface area contributed by atoms with Crippen LogP contribution in [0, 0.1) is 20.2 Å². The van der Waals surface area contributed by atoms with E-state index in [2.05, 4.69) is 10.5 Å². The number of benzene rings is 2. The van der Waals surface area contributed by atoms with Gasteiger partial charge in [-0.15, -0.1) is 0 Å². The molecular weight excluding hydrogens is 402 g/mol. The smallest absolute Gasteiger partial charge is 0.272 e. The third-order valence-corrected chi connectivity index (χ3v) is 6.29. The van der Waals surface area contributed by atoms with Gasteiger partial charge in [-0.25, -0.2) is 8.42 Å². The van der Waals surface area contributed by atoms with Crippen LogP contribution in [0.2, 0.25) is 0 Å². The van der Waals surface area contributed by atoms with Crippen molar-refractivity contribution in [3.8, 4) is 0 Å². The van der Waals surface area contributed by atoms with Crippen LogP contribution in [0.4, 0.5) is 17.1 Å². The van der Waals surface area contributed by atoms with E-state index < -0.39 is 25.6 Å². The molecule has 12 heteroatoms. The quantitative estimate of drug-likeness (QED) is 0.412. The molecule has 1 saturated heterocycles. The molecule has 1 N–H and O–H groups in total. The van der Waals surface area contributed by atoms with E-state index in [4.69, 9.17) is 0 Å². The van der Waals surface area contributed by atoms with Gasteiger partial charge in [0.1, 0.15) is 5.69 Å². The zero-order chi connectivity index (χ0) is 21.0. The topological polar surface area (TPSA) is 148 Å². The summed E-state index contributed by atoms with van der Waals surface area (Å²) in [6.45, 7) is 0.770. The number of hydrogen-bond acceptors (Lipinski definition) is 8. The highest BCUT2D eigenvalue weighted by Crippen LogP contribution is 2.30. The van der Waals surface area contributed by atoms with E-state index in [1.807, 2.05) is 0 Å². The van der Waals surface area contributed by atoms with Crippen molar-refractivity contribution in [1.82, 2.24) is 4.31 Å². The van der Waals surface area contributed by atoms with Crippen LogP contribution in [-0.2, 0) is 10.0 Å². The normalized spacial score (nSPS) is 14.9. The summed E-state index contributed by atoms with van der Waals surface area (Å²) >= 11 is 0. The van der Waals surface area contributed by atoms with E-state index >= 15 is 0 Å². The van der Waals surface area contributed by atoms with Gasteiger partial charge in [0.15, 0.2) is 0 Å². The fourth-order valence-corrected chi connectivity index (χ4v) is 4.47. The lowest BCUT2D eigenvalue weighted by Crippen LogP contribution is -2.27. The summed E-state index contributed by atoms with van der Waals surface area (Å²) in [6, 6.07) is 9.38. The van der Waals surface area contributed by atoms with E-state index in [0.29, 0.717) is 13.1 Å². The van der Waals surface area contributed by atoms with Crippen LogP contribution in [-0.4, -0.2) is 41.9 Å². The van der Waals surface area contributed by atoms with Crippen molar-refractivity contribution in [2.45, 2.75) is 17.7 Å². The Balaban J connectivity index is 1.87. The standard InChI is InChI=1S/C17H17N5O6S/c23-21(24)16-6-2-1-5-13(16)12-18-19-15-8-7-14(11-17(15)22(25)26)29(27,28)20-9-3-4-10-20/h1-2,5-8,11-12,19H,3-4,9-10H2/b18-12-. The van der Waals surface area contributed by atoms with Gasteiger partial charge in [-0.1, -0.05) is 12.1 Å². The second-order valence-corrected chi connectivity index (χ2v) is 8.17. The minimum atomic E-state index is -3.80. The van der Waals surface area contributed by atoms with Crippen LogP contribution in [0.3, 0.4) is 0 Å². The van der Waals surface area contributed by atoms with Gasteiger partial charge in [-0.3, -0.25) is 25.7 Å². The average molecular weight is 419 g/mol. The SMILES string of the molecule is O=[N+]([O-])c1ccccc1/C=N\Nc1ccc(S(=O)(=O)N2CCCC2)cc1[N+](=O)[O-]. The lowest BCUT2D eigenvalue weighted by Gasteiger charge is -2.15. The van der Waals surface area contributed by atoms with Gasteiger partial charge in [-0.05, 0) is 31.0 Å². The Morgan fingerprint density at radius 1 is 1.00 bits per heavy atom. The highest BCUT2D eigenvalue weighted by Gasteiger charge is 2.29. The molecular formula is C17H17N5O6S. The van der Waals surface area contributed by atoms with Crippen molar-refractivity contribution in [3.63, 3.8) is 0 Å². The molecule has 0 radical (unpaired) electrons. The van der Waals surface area contributed by atoms with Crippen molar-refractivity contribution >= 4 is 33.3 Å². The van der Waals surface area contributed by atoms with Crippen molar-refractivity contribution in [3.05, 3.63) is 68.3 Å². The van der Waals surface area contributed by atoms with Crippen molar-refractivity contribution in [2.24, 2.45) is 5.10 Å². The maximum Gasteiger partial charge on any atom is 0.295 e. The van der Waals surface area contributed by atoms with Crippen molar-refractivity contribution in [1.29, 1.82) is 0 Å². The second-order valence-electron chi connectivity index (χ2n) is 6.23. The maximum absolute atomic E-state index is 12.6. The number of nitrogens with zero attached hydrogens (tertiary/aromatic N) is 4. The molecule has 0 aliphatic carbocycles. The highest BCUT2D eigenvalue weighted by molar-refractivity contribution is 7.89. The van der Waals surface area contributed by atoms with E-state index in [-0.39, 0.29) is 21.8 Å². The van der Waals surface area contributed by atoms with Crippen molar-refractivity contribution < 1.29 is 18.3 Å². The first-order valence-corrected chi connectivity index (χ1v) is 10.1. The van der Waals surface area contributed by atoms with Gasteiger partial charge in [0, 0.05) is 25.2 Å². The van der Waals surface area contributed by atoms with Gasteiger partial charge in [0.25, 0.3) is 11.4 Å². The monoisotopic (exact) mass is 419 g/mol. The minimum Gasteiger partial charge on any atom is -0.272 e. The molecule has 0 bridgehead atoms. The maximum atomic E-state index is 12.6. The number of hydrogen-bond donors (Lipinski definition) is 1. The predicted octanol–water partition coefficient (Wildman–Crippen LogP) is 2.73. The molecule has 0 aromatic heterocycles. The Hall–Kier alpha value is -3.38. The molecule has 1 aliphatic heterocycles. The van der Waals surface area contributed by atoms with E-state index in [9.17, 15) is 28.6 Å². The van der Waals surface area contributed by atoms with Gasteiger partial charge >= 0.3 is 0 Å². The molecule has 1 heterocycles.